The van der Waals surface area contributed by atoms with Crippen molar-refractivity contribution in [2.45, 2.75) is 30.8 Å². The number of thioether (sulfide) groups is 2. The highest BCUT2D eigenvalue weighted by Crippen LogP contribution is 2.41. The van der Waals surface area contributed by atoms with Gasteiger partial charge < -0.3 is 5.32 Å². The molecule has 1 saturated heterocycles. The Labute approximate surface area is 109 Å². The highest BCUT2D eigenvalue weighted by Gasteiger charge is 2.27. The van der Waals surface area contributed by atoms with Gasteiger partial charge in [-0.1, -0.05) is 13.8 Å². The fourth-order valence-corrected chi connectivity index (χ4v) is 4.96. The van der Waals surface area contributed by atoms with Gasteiger partial charge in [0.2, 0.25) is 5.13 Å². The molecule has 3 nitrogen and oxygen atoms in total. The zero-order chi connectivity index (χ0) is 11.4. The van der Waals surface area contributed by atoms with Crippen LogP contribution in [0.2, 0.25) is 0 Å². The first-order valence-corrected chi connectivity index (χ1v) is 8.49. The lowest BCUT2D eigenvalue weighted by Crippen LogP contribution is -2.16. The van der Waals surface area contributed by atoms with Crippen molar-refractivity contribution in [2.75, 3.05) is 23.4 Å². The summed E-state index contributed by atoms with van der Waals surface area (Å²) < 4.78 is 4.48. The van der Waals surface area contributed by atoms with E-state index in [0.29, 0.717) is 10.5 Å². The van der Waals surface area contributed by atoms with Gasteiger partial charge in [0.1, 0.15) is 0 Å². The van der Waals surface area contributed by atoms with Crippen molar-refractivity contribution in [3.63, 3.8) is 0 Å². The minimum absolute atomic E-state index is 0.479. The summed E-state index contributed by atoms with van der Waals surface area (Å²) in [5.41, 5.74) is 0. The predicted molar refractivity (Wildman–Crippen MR) is 75.8 cm³/mol. The third kappa shape index (κ3) is 3.05. The van der Waals surface area contributed by atoms with E-state index in [1.54, 1.807) is 0 Å². The Hall–Kier alpha value is 0.0600. The second kappa shape index (κ2) is 6.12. The van der Waals surface area contributed by atoms with Crippen LogP contribution in [-0.4, -0.2) is 32.7 Å². The van der Waals surface area contributed by atoms with Gasteiger partial charge in [-0.05, 0) is 6.42 Å². The van der Waals surface area contributed by atoms with Crippen LogP contribution < -0.4 is 5.32 Å². The maximum atomic E-state index is 4.58. The first-order valence-electron chi connectivity index (χ1n) is 5.62. The predicted octanol–water partition coefficient (Wildman–Crippen LogP) is 3.27. The molecule has 0 saturated carbocycles. The molecule has 1 aromatic rings. The zero-order valence-corrected chi connectivity index (χ0v) is 12.1. The molecule has 1 aliphatic heterocycles. The number of rotatable bonds is 4. The molecule has 0 radical (unpaired) electrons. The van der Waals surface area contributed by atoms with Crippen LogP contribution in [0, 0.1) is 0 Å². The fourth-order valence-electron chi connectivity index (χ4n) is 1.57. The SMILES string of the molecule is CCCNc1nc(C2SCCSC2C)ns1. The third-order valence-electron chi connectivity index (χ3n) is 2.41. The lowest BCUT2D eigenvalue weighted by molar-refractivity contribution is 0.847. The largest absolute Gasteiger partial charge is 0.360 e. The summed E-state index contributed by atoms with van der Waals surface area (Å²) in [5.74, 6) is 3.50. The number of nitrogens with zero attached hydrogens (tertiary/aromatic N) is 2. The topological polar surface area (TPSA) is 37.8 Å². The molecule has 0 aromatic carbocycles. The van der Waals surface area contributed by atoms with Crippen molar-refractivity contribution in [1.82, 2.24) is 9.36 Å². The molecule has 1 N–H and O–H groups in total. The number of hydrogen-bond donors (Lipinski definition) is 1. The average molecular weight is 275 g/mol. The van der Waals surface area contributed by atoms with Crippen LogP contribution in [0.25, 0.3) is 0 Å². The first kappa shape index (κ1) is 12.5. The number of nitrogens with one attached hydrogen (secondary N) is 1. The molecule has 0 amide bonds. The molecule has 1 aliphatic rings. The molecule has 6 heteroatoms. The molecule has 2 rings (SSSR count). The zero-order valence-electron chi connectivity index (χ0n) is 9.60. The van der Waals surface area contributed by atoms with E-state index in [2.05, 4.69) is 28.5 Å². The summed E-state index contributed by atoms with van der Waals surface area (Å²) >= 11 is 5.52. The molecule has 2 unspecified atom stereocenters. The van der Waals surface area contributed by atoms with Crippen LogP contribution in [0.3, 0.4) is 0 Å². The lowest BCUT2D eigenvalue weighted by atomic mass is 10.3. The average Bonchev–Trinajstić information content (AvgIpc) is 2.75. The van der Waals surface area contributed by atoms with Gasteiger partial charge in [-0.3, -0.25) is 0 Å². The van der Waals surface area contributed by atoms with Crippen molar-refractivity contribution in [3.05, 3.63) is 5.82 Å². The van der Waals surface area contributed by atoms with E-state index in [1.165, 1.54) is 23.0 Å². The van der Waals surface area contributed by atoms with E-state index in [9.17, 15) is 0 Å². The van der Waals surface area contributed by atoms with Crippen molar-refractivity contribution in [2.24, 2.45) is 0 Å². The van der Waals surface area contributed by atoms with Crippen LogP contribution in [0.4, 0.5) is 5.13 Å². The van der Waals surface area contributed by atoms with Crippen molar-refractivity contribution in [3.8, 4) is 0 Å². The first-order chi connectivity index (χ1) is 7.81. The summed E-state index contributed by atoms with van der Waals surface area (Å²) in [4.78, 5) is 4.58. The quantitative estimate of drug-likeness (QED) is 0.913. The smallest absolute Gasteiger partial charge is 0.202 e. The van der Waals surface area contributed by atoms with Crippen LogP contribution in [0.1, 0.15) is 31.3 Å². The molecule has 90 valence electrons. The standard InChI is InChI=1S/C10H17N3S3/c1-3-4-11-10-12-9(13-16-10)8-7(2)14-5-6-15-8/h7-8H,3-6H2,1-2H3,(H,11,12,13). The summed E-state index contributed by atoms with van der Waals surface area (Å²) in [7, 11) is 0. The lowest BCUT2D eigenvalue weighted by Gasteiger charge is -2.25. The Kier molecular flexibility index (Phi) is 4.79. The van der Waals surface area contributed by atoms with E-state index in [4.69, 9.17) is 0 Å². The van der Waals surface area contributed by atoms with Gasteiger partial charge in [-0.25, -0.2) is 4.98 Å². The maximum Gasteiger partial charge on any atom is 0.202 e. The highest BCUT2D eigenvalue weighted by molar-refractivity contribution is 8.06. The Morgan fingerprint density at radius 2 is 2.19 bits per heavy atom. The summed E-state index contributed by atoms with van der Waals surface area (Å²) in [6.07, 6.45) is 1.12. The molecule has 1 aromatic heterocycles. The molecular weight excluding hydrogens is 258 g/mol. The van der Waals surface area contributed by atoms with Gasteiger partial charge in [-0.15, -0.1) is 11.8 Å². The fraction of sp³-hybridized carbons (Fsp3) is 0.800. The van der Waals surface area contributed by atoms with Crippen molar-refractivity contribution in [1.29, 1.82) is 0 Å². The van der Waals surface area contributed by atoms with Gasteiger partial charge in [0.15, 0.2) is 5.82 Å². The van der Waals surface area contributed by atoms with Crippen molar-refractivity contribution >= 4 is 40.2 Å². The number of anilines is 1. The molecule has 2 atom stereocenters. The van der Waals surface area contributed by atoms with Crippen LogP contribution >= 0.6 is 35.1 Å². The molecule has 0 aliphatic carbocycles. The minimum Gasteiger partial charge on any atom is -0.360 e. The maximum absolute atomic E-state index is 4.58. The Morgan fingerprint density at radius 3 is 2.94 bits per heavy atom. The van der Waals surface area contributed by atoms with E-state index in [1.807, 2.05) is 23.5 Å². The number of hydrogen-bond acceptors (Lipinski definition) is 6. The molecule has 1 fully saturated rings. The Bertz CT molecular complexity index is 329. The van der Waals surface area contributed by atoms with Crippen LogP contribution in [-0.2, 0) is 0 Å². The van der Waals surface area contributed by atoms with Crippen LogP contribution in [0.5, 0.6) is 0 Å². The third-order valence-corrected chi connectivity index (χ3v) is 6.18. The van der Waals surface area contributed by atoms with E-state index < -0.39 is 0 Å². The van der Waals surface area contributed by atoms with E-state index in [-0.39, 0.29) is 0 Å². The summed E-state index contributed by atoms with van der Waals surface area (Å²) in [6.45, 7) is 5.42. The Balaban J connectivity index is 1.99. The summed E-state index contributed by atoms with van der Waals surface area (Å²) in [6, 6.07) is 0. The second-order valence-corrected chi connectivity index (χ2v) is 7.24. The van der Waals surface area contributed by atoms with Gasteiger partial charge in [0, 0.05) is 34.8 Å². The molecular formula is C10H17N3S3. The molecule has 2 heterocycles. The molecule has 16 heavy (non-hydrogen) atoms. The van der Waals surface area contributed by atoms with Crippen molar-refractivity contribution < 1.29 is 0 Å². The van der Waals surface area contributed by atoms with E-state index in [0.717, 1.165) is 23.9 Å². The highest BCUT2D eigenvalue weighted by atomic mass is 32.2. The molecule has 0 spiro atoms. The number of aromatic nitrogens is 2. The second-order valence-electron chi connectivity index (χ2n) is 3.75. The summed E-state index contributed by atoms with van der Waals surface area (Å²) in [5, 5.41) is 5.38. The normalized spacial score (nSPS) is 25.6. The van der Waals surface area contributed by atoms with Gasteiger partial charge >= 0.3 is 0 Å². The minimum atomic E-state index is 0.479. The monoisotopic (exact) mass is 275 g/mol. The van der Waals surface area contributed by atoms with Gasteiger partial charge in [0.25, 0.3) is 0 Å². The van der Waals surface area contributed by atoms with Crippen LogP contribution in [0.15, 0.2) is 0 Å². The molecule has 0 bridgehead atoms. The van der Waals surface area contributed by atoms with Gasteiger partial charge in [-0.2, -0.15) is 16.1 Å². The van der Waals surface area contributed by atoms with Gasteiger partial charge in [0.05, 0.1) is 5.25 Å². The van der Waals surface area contributed by atoms with E-state index >= 15 is 0 Å². The Morgan fingerprint density at radius 1 is 1.38 bits per heavy atom.